The van der Waals surface area contributed by atoms with Crippen LogP contribution in [0, 0.1) is 5.82 Å². The second-order valence-corrected chi connectivity index (χ2v) is 10.5. The van der Waals surface area contributed by atoms with E-state index in [2.05, 4.69) is 39.3 Å². The Labute approximate surface area is 212 Å². The van der Waals surface area contributed by atoms with Crippen LogP contribution >= 0.6 is 11.8 Å². The van der Waals surface area contributed by atoms with E-state index in [4.69, 9.17) is 14.9 Å². The summed E-state index contributed by atoms with van der Waals surface area (Å²) in [4.78, 5) is 10.0. The molecule has 8 nitrogen and oxygen atoms in total. The Morgan fingerprint density at radius 3 is 2.67 bits per heavy atom. The van der Waals surface area contributed by atoms with Crippen molar-refractivity contribution in [2.75, 3.05) is 18.9 Å². The van der Waals surface area contributed by atoms with Gasteiger partial charge in [0, 0.05) is 34.9 Å². The lowest BCUT2D eigenvalue weighted by Gasteiger charge is -2.10. The Bertz CT molecular complexity index is 1340. The number of thioether (sulfide) groups is 1. The van der Waals surface area contributed by atoms with E-state index in [9.17, 15) is 4.39 Å². The molecule has 1 saturated heterocycles. The van der Waals surface area contributed by atoms with Gasteiger partial charge in [-0.1, -0.05) is 32.0 Å². The van der Waals surface area contributed by atoms with Gasteiger partial charge >= 0.3 is 0 Å². The van der Waals surface area contributed by atoms with E-state index in [-0.39, 0.29) is 28.9 Å². The molecular weight excluding hydrogens is 479 g/mol. The van der Waals surface area contributed by atoms with Crippen molar-refractivity contribution in [3.05, 3.63) is 60.0 Å². The first-order chi connectivity index (χ1) is 17.5. The molecule has 10 heteroatoms. The second kappa shape index (κ2) is 10.7. The highest BCUT2D eigenvalue weighted by Gasteiger charge is 2.19. The molecule has 0 saturated carbocycles. The maximum absolute atomic E-state index is 14.9. The molecule has 3 heterocycles. The second-order valence-electron chi connectivity index (χ2n) is 8.85. The molecular formula is C26H27FN6O2S. The van der Waals surface area contributed by atoms with Crippen molar-refractivity contribution in [2.24, 2.45) is 0 Å². The highest BCUT2D eigenvalue weighted by atomic mass is 32.2. The molecule has 36 heavy (non-hydrogen) atoms. The smallest absolute Gasteiger partial charge is 0.270 e. The van der Waals surface area contributed by atoms with Crippen LogP contribution in [0.3, 0.4) is 0 Å². The molecule has 2 aromatic heterocycles. The molecule has 0 spiro atoms. The van der Waals surface area contributed by atoms with Crippen LogP contribution in [-0.4, -0.2) is 44.7 Å². The maximum atomic E-state index is 14.9. The largest absolute Gasteiger partial charge is 0.414 e. The molecule has 4 aromatic rings. The third-order valence-electron chi connectivity index (χ3n) is 5.74. The van der Waals surface area contributed by atoms with E-state index < -0.39 is 5.82 Å². The number of nitrogens with zero attached hydrogens (tertiary/aromatic N) is 4. The quantitative estimate of drug-likeness (QED) is 0.320. The molecule has 0 unspecified atom stereocenters. The van der Waals surface area contributed by atoms with Crippen LogP contribution in [0.5, 0.6) is 0 Å². The monoisotopic (exact) mass is 506 g/mol. The number of halogens is 1. The first-order valence-electron chi connectivity index (χ1n) is 11.8. The number of nitrogens with two attached hydrogens (primary N) is 1. The van der Waals surface area contributed by atoms with Crippen molar-refractivity contribution in [1.82, 2.24) is 25.5 Å². The van der Waals surface area contributed by atoms with Gasteiger partial charge in [-0.15, -0.1) is 22.0 Å². The molecule has 0 aliphatic carbocycles. The summed E-state index contributed by atoms with van der Waals surface area (Å²) < 4.78 is 26.0. The Hall–Kier alpha value is -3.34. The van der Waals surface area contributed by atoms with E-state index >= 15 is 0 Å². The molecule has 1 aliphatic heterocycles. The Balaban J connectivity index is 1.35. The standard InChI is InChI=1S/C26H27FN6O2S/c1-15(2)36-19-6-4-17(5-7-19)22-13-30-24(28)23(31-22)26-33-32-25(35-26)20-8-3-16(11-21(20)27)12-29-18-9-10-34-14-18/h3-8,11,13,15,18,29H,9-10,12,14H2,1-2H3,(H2,28,30)/t18-/m1/s1. The van der Waals surface area contributed by atoms with E-state index in [1.165, 1.54) is 11.0 Å². The lowest BCUT2D eigenvalue weighted by molar-refractivity contribution is 0.190. The lowest BCUT2D eigenvalue weighted by Crippen LogP contribution is -2.28. The molecule has 186 valence electrons. The first kappa shape index (κ1) is 24.4. The molecule has 1 atom stereocenters. The predicted molar refractivity (Wildman–Crippen MR) is 138 cm³/mol. The number of aromatic nitrogens is 4. The molecule has 0 radical (unpaired) electrons. The van der Waals surface area contributed by atoms with Gasteiger partial charge in [0.1, 0.15) is 5.82 Å². The number of benzene rings is 2. The van der Waals surface area contributed by atoms with Gasteiger partial charge in [-0.2, -0.15) is 0 Å². The molecule has 1 aliphatic rings. The van der Waals surface area contributed by atoms with Crippen molar-refractivity contribution in [3.8, 4) is 34.3 Å². The number of nitrogens with one attached hydrogen (secondary N) is 1. The molecule has 5 rings (SSSR count). The fourth-order valence-corrected chi connectivity index (χ4v) is 4.74. The topological polar surface area (TPSA) is 112 Å². The number of anilines is 1. The van der Waals surface area contributed by atoms with Gasteiger partial charge in [0.15, 0.2) is 11.5 Å². The van der Waals surface area contributed by atoms with Crippen molar-refractivity contribution < 1.29 is 13.5 Å². The SMILES string of the molecule is CC(C)Sc1ccc(-c2cnc(N)c(-c3nnc(-c4ccc(CN[C@@H]5CCOC5)cc4F)o3)n2)cc1. The van der Waals surface area contributed by atoms with Crippen LogP contribution in [0.1, 0.15) is 25.8 Å². The summed E-state index contributed by atoms with van der Waals surface area (Å²) in [6.07, 6.45) is 2.56. The minimum atomic E-state index is -0.445. The van der Waals surface area contributed by atoms with Crippen LogP contribution in [0.25, 0.3) is 34.3 Å². The fraction of sp³-hybridized carbons (Fsp3) is 0.308. The van der Waals surface area contributed by atoms with Crippen molar-refractivity contribution in [2.45, 2.75) is 43.0 Å². The molecule has 2 aromatic carbocycles. The highest BCUT2D eigenvalue weighted by molar-refractivity contribution is 7.99. The van der Waals surface area contributed by atoms with E-state index in [0.29, 0.717) is 30.1 Å². The summed E-state index contributed by atoms with van der Waals surface area (Å²) >= 11 is 1.79. The summed E-state index contributed by atoms with van der Waals surface area (Å²) in [6, 6.07) is 13.3. The van der Waals surface area contributed by atoms with E-state index in [1.807, 2.05) is 30.3 Å². The average Bonchev–Trinajstić information content (AvgIpc) is 3.56. The Morgan fingerprint density at radius 2 is 1.94 bits per heavy atom. The lowest BCUT2D eigenvalue weighted by atomic mass is 10.1. The highest BCUT2D eigenvalue weighted by Crippen LogP contribution is 2.30. The number of hydrogen-bond acceptors (Lipinski definition) is 9. The van der Waals surface area contributed by atoms with Crippen molar-refractivity contribution in [1.29, 1.82) is 0 Å². The van der Waals surface area contributed by atoms with Crippen LogP contribution in [0.15, 0.2) is 58.0 Å². The zero-order chi connectivity index (χ0) is 25.1. The number of hydrogen-bond donors (Lipinski definition) is 2. The van der Waals surface area contributed by atoms with Crippen molar-refractivity contribution in [3.63, 3.8) is 0 Å². The fourth-order valence-electron chi connectivity index (χ4n) is 3.90. The van der Waals surface area contributed by atoms with Crippen LogP contribution in [0.2, 0.25) is 0 Å². The third kappa shape index (κ3) is 5.56. The Morgan fingerprint density at radius 1 is 1.14 bits per heavy atom. The van der Waals surface area contributed by atoms with Gasteiger partial charge < -0.3 is 20.2 Å². The predicted octanol–water partition coefficient (Wildman–Crippen LogP) is 4.96. The number of rotatable bonds is 8. The summed E-state index contributed by atoms with van der Waals surface area (Å²) in [7, 11) is 0. The zero-order valence-corrected chi connectivity index (χ0v) is 20.9. The third-order valence-corrected chi connectivity index (χ3v) is 6.75. The zero-order valence-electron chi connectivity index (χ0n) is 20.1. The van der Waals surface area contributed by atoms with E-state index in [1.54, 1.807) is 24.0 Å². The summed E-state index contributed by atoms with van der Waals surface area (Å²) in [6.45, 7) is 6.29. The van der Waals surface area contributed by atoms with Crippen molar-refractivity contribution >= 4 is 17.6 Å². The maximum Gasteiger partial charge on any atom is 0.270 e. The normalized spacial score (nSPS) is 15.6. The minimum absolute atomic E-state index is 0.0490. The molecule has 3 N–H and O–H groups in total. The summed E-state index contributed by atoms with van der Waals surface area (Å²) in [5.74, 6) is -0.166. The van der Waals surface area contributed by atoms with Gasteiger partial charge in [-0.25, -0.2) is 14.4 Å². The van der Waals surface area contributed by atoms with Gasteiger partial charge in [-0.3, -0.25) is 0 Å². The molecule has 0 bridgehead atoms. The first-order valence-corrected chi connectivity index (χ1v) is 12.7. The summed E-state index contributed by atoms with van der Waals surface area (Å²) in [5.41, 5.74) is 8.86. The van der Waals surface area contributed by atoms with Crippen LogP contribution in [-0.2, 0) is 11.3 Å². The van der Waals surface area contributed by atoms with Gasteiger partial charge in [-0.05, 0) is 36.2 Å². The molecule has 0 amide bonds. The minimum Gasteiger partial charge on any atom is -0.414 e. The molecule has 1 fully saturated rings. The van der Waals surface area contributed by atoms with Gasteiger partial charge in [0.05, 0.1) is 24.1 Å². The summed E-state index contributed by atoms with van der Waals surface area (Å²) in [5, 5.41) is 12.0. The van der Waals surface area contributed by atoms with Crippen LogP contribution in [0.4, 0.5) is 10.2 Å². The van der Waals surface area contributed by atoms with Gasteiger partial charge in [0.25, 0.3) is 11.8 Å². The average molecular weight is 507 g/mol. The number of nitrogen functional groups attached to an aromatic ring is 1. The van der Waals surface area contributed by atoms with Gasteiger partial charge in [0.2, 0.25) is 0 Å². The number of ether oxygens (including phenoxy) is 1. The Kier molecular flexibility index (Phi) is 7.26. The van der Waals surface area contributed by atoms with Crippen LogP contribution < -0.4 is 11.1 Å². The van der Waals surface area contributed by atoms with E-state index in [0.717, 1.165) is 24.2 Å².